The Hall–Kier alpha value is -0.620. The molecular weight excluding hydrogens is 276 g/mol. The average Bonchev–Trinajstić information content (AvgIpc) is 2.73. The minimum absolute atomic E-state index is 0.0507. The van der Waals surface area contributed by atoms with Crippen LogP contribution in [0.4, 0.5) is 0 Å². The molecular formula is C14H28N2O3S. The van der Waals surface area contributed by atoms with Crippen LogP contribution in [0.3, 0.4) is 0 Å². The molecule has 118 valence electrons. The maximum Gasteiger partial charge on any atom is 0.222 e. The van der Waals surface area contributed by atoms with E-state index in [4.69, 9.17) is 5.73 Å². The summed E-state index contributed by atoms with van der Waals surface area (Å²) in [6.45, 7) is 4.95. The first kappa shape index (κ1) is 17.4. The molecule has 2 N–H and O–H groups in total. The highest BCUT2D eigenvalue weighted by Gasteiger charge is 2.32. The summed E-state index contributed by atoms with van der Waals surface area (Å²) >= 11 is 0. The maximum atomic E-state index is 12.2. The molecule has 1 fully saturated rings. The zero-order valence-electron chi connectivity index (χ0n) is 12.8. The summed E-state index contributed by atoms with van der Waals surface area (Å²) in [5.74, 6) is 1.35. The predicted octanol–water partition coefficient (Wildman–Crippen LogP) is 1.03. The van der Waals surface area contributed by atoms with Gasteiger partial charge in [0.2, 0.25) is 5.91 Å². The molecule has 0 aromatic rings. The number of amides is 1. The summed E-state index contributed by atoms with van der Waals surface area (Å²) in [5.41, 5.74) is 5.60. The van der Waals surface area contributed by atoms with Gasteiger partial charge in [-0.05, 0) is 37.6 Å². The number of nitrogens with two attached hydrogens (primary N) is 1. The normalized spacial score (nSPS) is 22.9. The molecule has 1 aliphatic heterocycles. The van der Waals surface area contributed by atoms with Gasteiger partial charge < -0.3 is 10.6 Å². The van der Waals surface area contributed by atoms with E-state index in [0.717, 1.165) is 12.8 Å². The lowest BCUT2D eigenvalue weighted by Crippen LogP contribution is -2.38. The molecule has 0 aliphatic carbocycles. The van der Waals surface area contributed by atoms with Gasteiger partial charge in [0.15, 0.2) is 9.84 Å². The monoisotopic (exact) mass is 304 g/mol. The first-order chi connectivity index (χ1) is 9.26. The Bertz CT molecular complexity index is 420. The van der Waals surface area contributed by atoms with E-state index in [1.54, 1.807) is 11.9 Å². The summed E-state index contributed by atoms with van der Waals surface area (Å²) in [4.78, 5) is 13.8. The van der Waals surface area contributed by atoms with Crippen LogP contribution in [0.25, 0.3) is 0 Å². The third-order valence-corrected chi connectivity index (χ3v) is 6.11. The highest BCUT2D eigenvalue weighted by Crippen LogP contribution is 2.22. The van der Waals surface area contributed by atoms with Crippen molar-refractivity contribution in [2.45, 2.75) is 45.6 Å². The number of nitrogens with zero attached hydrogens (tertiary/aromatic N) is 1. The molecule has 1 aliphatic rings. The van der Waals surface area contributed by atoms with Crippen LogP contribution in [0, 0.1) is 11.8 Å². The Morgan fingerprint density at radius 1 is 1.35 bits per heavy atom. The van der Waals surface area contributed by atoms with Crippen LogP contribution >= 0.6 is 0 Å². The molecule has 1 rings (SSSR count). The van der Waals surface area contributed by atoms with Crippen molar-refractivity contribution in [3.63, 3.8) is 0 Å². The Balaban J connectivity index is 2.46. The predicted molar refractivity (Wildman–Crippen MR) is 81.1 cm³/mol. The van der Waals surface area contributed by atoms with Gasteiger partial charge in [-0.2, -0.15) is 0 Å². The fourth-order valence-electron chi connectivity index (χ4n) is 2.79. The lowest BCUT2D eigenvalue weighted by Gasteiger charge is -2.25. The molecule has 1 saturated heterocycles. The molecule has 0 spiro atoms. The lowest BCUT2D eigenvalue weighted by atomic mass is 9.88. The second-order valence-electron chi connectivity index (χ2n) is 6.18. The van der Waals surface area contributed by atoms with E-state index in [9.17, 15) is 13.2 Å². The van der Waals surface area contributed by atoms with Gasteiger partial charge in [-0.25, -0.2) is 8.42 Å². The van der Waals surface area contributed by atoms with Crippen molar-refractivity contribution >= 4 is 15.7 Å². The summed E-state index contributed by atoms with van der Waals surface area (Å²) in [6.07, 6.45) is 2.82. The Morgan fingerprint density at radius 2 is 2.00 bits per heavy atom. The Morgan fingerprint density at radius 3 is 2.45 bits per heavy atom. The highest BCUT2D eigenvalue weighted by atomic mass is 32.2. The van der Waals surface area contributed by atoms with Crippen LogP contribution in [-0.4, -0.2) is 50.4 Å². The molecule has 0 aromatic carbocycles. The van der Waals surface area contributed by atoms with E-state index in [2.05, 4.69) is 13.8 Å². The van der Waals surface area contributed by atoms with E-state index in [1.807, 2.05) is 0 Å². The van der Waals surface area contributed by atoms with Crippen molar-refractivity contribution in [3.8, 4) is 0 Å². The zero-order valence-corrected chi connectivity index (χ0v) is 13.7. The van der Waals surface area contributed by atoms with Crippen LogP contribution in [-0.2, 0) is 14.6 Å². The first-order valence-corrected chi connectivity index (χ1v) is 9.25. The van der Waals surface area contributed by atoms with Gasteiger partial charge in [0.1, 0.15) is 0 Å². The summed E-state index contributed by atoms with van der Waals surface area (Å²) < 4.78 is 22.9. The van der Waals surface area contributed by atoms with Crippen LogP contribution in [0.15, 0.2) is 0 Å². The number of hydrogen-bond acceptors (Lipinski definition) is 4. The fourth-order valence-corrected chi connectivity index (χ4v) is 4.57. The van der Waals surface area contributed by atoms with E-state index < -0.39 is 9.84 Å². The summed E-state index contributed by atoms with van der Waals surface area (Å²) in [7, 11) is -1.21. The number of sulfone groups is 1. The summed E-state index contributed by atoms with van der Waals surface area (Å²) in [6, 6.07) is -0.139. The van der Waals surface area contributed by atoms with E-state index in [-0.39, 0.29) is 23.5 Å². The van der Waals surface area contributed by atoms with Crippen LogP contribution in [0.1, 0.15) is 39.5 Å². The minimum Gasteiger partial charge on any atom is -0.342 e. The SMILES string of the molecule is CC(C)C(CCN)CCC(=O)N(C)C1CCS(=O)(=O)C1. The molecule has 1 amide bonds. The molecule has 6 heteroatoms. The van der Waals surface area contributed by atoms with Gasteiger partial charge in [-0.15, -0.1) is 0 Å². The van der Waals surface area contributed by atoms with E-state index in [1.165, 1.54) is 0 Å². The van der Waals surface area contributed by atoms with Crippen LogP contribution in [0.2, 0.25) is 0 Å². The third-order valence-electron chi connectivity index (χ3n) is 4.36. The van der Waals surface area contributed by atoms with E-state index >= 15 is 0 Å². The second-order valence-corrected chi connectivity index (χ2v) is 8.41. The number of rotatable bonds is 7. The van der Waals surface area contributed by atoms with Gasteiger partial charge in [-0.3, -0.25) is 4.79 Å². The molecule has 0 saturated carbocycles. The lowest BCUT2D eigenvalue weighted by molar-refractivity contribution is -0.131. The van der Waals surface area contributed by atoms with Crippen molar-refractivity contribution in [2.24, 2.45) is 17.6 Å². The standard InChI is InChI=1S/C14H28N2O3S/c1-11(2)12(6-8-15)4-5-14(17)16(3)13-7-9-20(18,19)10-13/h11-13H,4-10,15H2,1-3H3. The highest BCUT2D eigenvalue weighted by molar-refractivity contribution is 7.91. The molecule has 0 aromatic heterocycles. The van der Waals surface area contributed by atoms with Crippen molar-refractivity contribution in [2.75, 3.05) is 25.1 Å². The molecule has 5 nitrogen and oxygen atoms in total. The Kier molecular flexibility index (Phi) is 6.45. The first-order valence-electron chi connectivity index (χ1n) is 7.43. The van der Waals surface area contributed by atoms with Gasteiger partial charge in [0.25, 0.3) is 0 Å². The molecule has 2 unspecified atom stereocenters. The number of carbonyl (C=O) groups is 1. The summed E-state index contributed by atoms with van der Waals surface area (Å²) in [5, 5.41) is 0. The second kappa shape index (κ2) is 7.41. The van der Waals surface area contributed by atoms with Crippen molar-refractivity contribution in [3.05, 3.63) is 0 Å². The van der Waals surface area contributed by atoms with Crippen molar-refractivity contribution < 1.29 is 13.2 Å². The molecule has 0 bridgehead atoms. The average molecular weight is 304 g/mol. The van der Waals surface area contributed by atoms with Crippen molar-refractivity contribution in [1.82, 2.24) is 4.90 Å². The van der Waals surface area contributed by atoms with Gasteiger partial charge >= 0.3 is 0 Å². The molecule has 2 atom stereocenters. The molecule has 0 radical (unpaired) electrons. The van der Waals surface area contributed by atoms with Gasteiger partial charge in [-0.1, -0.05) is 13.8 Å². The smallest absolute Gasteiger partial charge is 0.222 e. The maximum absolute atomic E-state index is 12.2. The third kappa shape index (κ3) is 5.05. The van der Waals surface area contributed by atoms with Gasteiger partial charge in [0.05, 0.1) is 11.5 Å². The Labute approximate surface area is 122 Å². The molecule has 1 heterocycles. The zero-order chi connectivity index (χ0) is 15.3. The van der Waals surface area contributed by atoms with Crippen LogP contribution in [0.5, 0.6) is 0 Å². The minimum atomic E-state index is -2.94. The fraction of sp³-hybridized carbons (Fsp3) is 0.929. The molecule has 20 heavy (non-hydrogen) atoms. The topological polar surface area (TPSA) is 80.5 Å². The van der Waals surface area contributed by atoms with E-state index in [0.29, 0.717) is 31.2 Å². The quantitative estimate of drug-likeness (QED) is 0.762. The number of carbonyl (C=O) groups excluding carboxylic acids is 1. The van der Waals surface area contributed by atoms with Crippen LogP contribution < -0.4 is 5.73 Å². The van der Waals surface area contributed by atoms with Crippen molar-refractivity contribution in [1.29, 1.82) is 0 Å². The number of hydrogen-bond donors (Lipinski definition) is 1. The largest absolute Gasteiger partial charge is 0.342 e. The van der Waals surface area contributed by atoms with Gasteiger partial charge in [0, 0.05) is 19.5 Å².